The van der Waals surface area contributed by atoms with Crippen LogP contribution in [0.5, 0.6) is 5.75 Å². The zero-order valence-electron chi connectivity index (χ0n) is 11.3. The molecule has 0 radical (unpaired) electrons. The van der Waals surface area contributed by atoms with Gasteiger partial charge in [0.2, 0.25) is 5.91 Å². The largest absolute Gasteiger partial charge is 0.492 e. The van der Waals surface area contributed by atoms with Gasteiger partial charge in [0, 0.05) is 20.0 Å². The van der Waals surface area contributed by atoms with E-state index in [1.807, 2.05) is 12.1 Å². The normalized spacial score (nSPS) is 10.1. The van der Waals surface area contributed by atoms with Crippen LogP contribution < -0.4 is 4.74 Å². The third-order valence-electron chi connectivity index (χ3n) is 2.72. The molecule has 0 spiro atoms. The van der Waals surface area contributed by atoms with E-state index in [-0.39, 0.29) is 18.9 Å². The van der Waals surface area contributed by atoms with E-state index in [2.05, 4.69) is 0 Å². The molecule has 0 saturated carbocycles. The summed E-state index contributed by atoms with van der Waals surface area (Å²) in [5.41, 5.74) is 0. The van der Waals surface area contributed by atoms with Crippen LogP contribution in [-0.4, -0.2) is 42.1 Å². The minimum absolute atomic E-state index is 0.0433. The summed E-state index contributed by atoms with van der Waals surface area (Å²) in [7, 11) is 1.60. The number of halogens is 1. The smallest absolute Gasteiger partial charge is 0.305 e. The zero-order chi connectivity index (χ0) is 15.0. The molecule has 1 aromatic carbocycles. The number of carboxylic acid groups (broad SMARTS) is 1. The quantitative estimate of drug-likeness (QED) is 0.749. The third-order valence-corrected chi connectivity index (χ3v) is 3.03. The fourth-order valence-electron chi connectivity index (χ4n) is 1.55. The Kier molecular flexibility index (Phi) is 6.87. The number of benzene rings is 1. The lowest BCUT2D eigenvalue weighted by Crippen LogP contribution is -2.29. The molecule has 0 bridgehead atoms. The molecule has 6 heteroatoms. The Morgan fingerprint density at radius 3 is 2.65 bits per heavy atom. The van der Waals surface area contributed by atoms with Crippen molar-refractivity contribution in [3.05, 3.63) is 29.3 Å². The van der Waals surface area contributed by atoms with Gasteiger partial charge in [0.05, 0.1) is 18.1 Å². The van der Waals surface area contributed by atoms with Crippen LogP contribution in [-0.2, 0) is 9.59 Å². The summed E-state index contributed by atoms with van der Waals surface area (Å²) in [4.78, 5) is 23.5. The molecule has 1 N–H and O–H groups in total. The van der Waals surface area contributed by atoms with Gasteiger partial charge in [0.1, 0.15) is 5.75 Å². The first kappa shape index (κ1) is 16.3. The van der Waals surface area contributed by atoms with Crippen molar-refractivity contribution in [3.63, 3.8) is 0 Å². The summed E-state index contributed by atoms with van der Waals surface area (Å²) in [5.74, 6) is -0.401. The van der Waals surface area contributed by atoms with Gasteiger partial charge in [-0.2, -0.15) is 0 Å². The second kappa shape index (κ2) is 8.43. The number of amides is 1. The first-order chi connectivity index (χ1) is 9.50. The molecule has 0 saturated heterocycles. The molecule has 0 atom stereocenters. The monoisotopic (exact) mass is 299 g/mol. The first-order valence-electron chi connectivity index (χ1n) is 6.34. The van der Waals surface area contributed by atoms with Crippen molar-refractivity contribution in [2.24, 2.45) is 0 Å². The predicted octanol–water partition coefficient (Wildman–Crippen LogP) is 2.43. The van der Waals surface area contributed by atoms with Gasteiger partial charge in [0.15, 0.2) is 0 Å². The highest BCUT2D eigenvalue weighted by Crippen LogP contribution is 2.23. The maximum atomic E-state index is 11.7. The van der Waals surface area contributed by atoms with E-state index in [0.29, 0.717) is 30.2 Å². The van der Waals surface area contributed by atoms with Crippen molar-refractivity contribution in [1.82, 2.24) is 4.90 Å². The molecule has 0 fully saturated rings. The Hall–Kier alpha value is -1.75. The predicted molar refractivity (Wildman–Crippen MR) is 76.1 cm³/mol. The Labute approximate surface area is 123 Å². The van der Waals surface area contributed by atoms with Gasteiger partial charge in [-0.15, -0.1) is 0 Å². The lowest BCUT2D eigenvalue weighted by Gasteiger charge is -2.16. The molecular formula is C14H18ClNO4. The summed E-state index contributed by atoms with van der Waals surface area (Å²) in [6.07, 6.45) is 0.834. The van der Waals surface area contributed by atoms with E-state index in [0.717, 1.165) is 0 Å². The standard InChI is InChI=1S/C14H18ClNO4/c1-16(9-8-14(18)19)13(17)7-4-10-20-12-6-3-2-5-11(12)15/h2-3,5-6H,4,7-10H2,1H3,(H,18,19). The lowest BCUT2D eigenvalue weighted by atomic mass is 10.3. The van der Waals surface area contributed by atoms with E-state index >= 15 is 0 Å². The Bertz CT molecular complexity index is 464. The van der Waals surface area contributed by atoms with Crippen LogP contribution in [0.4, 0.5) is 0 Å². The highest BCUT2D eigenvalue weighted by atomic mass is 35.5. The summed E-state index contributed by atoms with van der Waals surface area (Å²) in [6.45, 7) is 0.613. The van der Waals surface area contributed by atoms with E-state index in [1.165, 1.54) is 4.90 Å². The van der Waals surface area contributed by atoms with Gasteiger partial charge in [0.25, 0.3) is 0 Å². The Morgan fingerprint density at radius 2 is 2.00 bits per heavy atom. The van der Waals surface area contributed by atoms with Gasteiger partial charge >= 0.3 is 5.97 Å². The van der Waals surface area contributed by atoms with Crippen LogP contribution in [0.25, 0.3) is 0 Å². The molecule has 0 aliphatic carbocycles. The Balaban J connectivity index is 2.22. The van der Waals surface area contributed by atoms with Crippen molar-refractivity contribution >= 4 is 23.5 Å². The fourth-order valence-corrected chi connectivity index (χ4v) is 1.74. The van der Waals surface area contributed by atoms with Crippen molar-refractivity contribution in [1.29, 1.82) is 0 Å². The zero-order valence-corrected chi connectivity index (χ0v) is 12.1. The molecule has 0 unspecified atom stereocenters. The maximum absolute atomic E-state index is 11.7. The molecule has 1 amide bonds. The van der Waals surface area contributed by atoms with Crippen LogP contribution in [0, 0.1) is 0 Å². The minimum Gasteiger partial charge on any atom is -0.492 e. The number of ether oxygens (including phenoxy) is 1. The van der Waals surface area contributed by atoms with Gasteiger partial charge in [-0.25, -0.2) is 0 Å². The summed E-state index contributed by atoms with van der Waals surface area (Å²) < 4.78 is 5.47. The fraction of sp³-hybridized carbons (Fsp3) is 0.429. The van der Waals surface area contributed by atoms with E-state index in [1.54, 1.807) is 19.2 Å². The van der Waals surface area contributed by atoms with Crippen molar-refractivity contribution in [2.45, 2.75) is 19.3 Å². The molecule has 0 aromatic heterocycles. The second-order valence-electron chi connectivity index (χ2n) is 4.34. The number of aliphatic carboxylic acids is 1. The number of carboxylic acids is 1. The number of carbonyl (C=O) groups is 2. The average Bonchev–Trinajstić information content (AvgIpc) is 2.42. The lowest BCUT2D eigenvalue weighted by molar-refractivity contribution is -0.138. The second-order valence-corrected chi connectivity index (χ2v) is 4.75. The highest BCUT2D eigenvalue weighted by molar-refractivity contribution is 6.32. The number of carbonyl (C=O) groups excluding carboxylic acids is 1. The van der Waals surface area contributed by atoms with E-state index in [9.17, 15) is 9.59 Å². The molecule has 1 aromatic rings. The van der Waals surface area contributed by atoms with E-state index < -0.39 is 5.97 Å². The molecule has 1 rings (SSSR count). The summed E-state index contributed by atoms with van der Waals surface area (Å²) in [6, 6.07) is 7.15. The van der Waals surface area contributed by atoms with Gasteiger partial charge < -0.3 is 14.7 Å². The van der Waals surface area contributed by atoms with Crippen LogP contribution in [0.15, 0.2) is 24.3 Å². The maximum Gasteiger partial charge on any atom is 0.305 e. The molecule has 0 aliphatic rings. The van der Waals surface area contributed by atoms with Crippen molar-refractivity contribution < 1.29 is 19.4 Å². The number of hydrogen-bond donors (Lipinski definition) is 1. The molecule has 20 heavy (non-hydrogen) atoms. The first-order valence-corrected chi connectivity index (χ1v) is 6.71. The number of nitrogens with zero attached hydrogens (tertiary/aromatic N) is 1. The number of rotatable bonds is 8. The SMILES string of the molecule is CN(CCC(=O)O)C(=O)CCCOc1ccccc1Cl. The van der Waals surface area contributed by atoms with Crippen molar-refractivity contribution in [3.8, 4) is 5.75 Å². The summed E-state index contributed by atoms with van der Waals surface area (Å²) >= 11 is 5.93. The number of hydrogen-bond acceptors (Lipinski definition) is 3. The van der Waals surface area contributed by atoms with Crippen LogP contribution in [0.2, 0.25) is 5.02 Å². The molecular weight excluding hydrogens is 282 g/mol. The van der Waals surface area contributed by atoms with E-state index in [4.69, 9.17) is 21.4 Å². The molecule has 5 nitrogen and oxygen atoms in total. The molecule has 110 valence electrons. The van der Waals surface area contributed by atoms with Crippen LogP contribution >= 0.6 is 11.6 Å². The van der Waals surface area contributed by atoms with Gasteiger partial charge in [-0.3, -0.25) is 9.59 Å². The van der Waals surface area contributed by atoms with Gasteiger partial charge in [-0.05, 0) is 18.6 Å². The Morgan fingerprint density at radius 1 is 1.30 bits per heavy atom. The van der Waals surface area contributed by atoms with Gasteiger partial charge in [-0.1, -0.05) is 23.7 Å². The van der Waals surface area contributed by atoms with Crippen LogP contribution in [0.1, 0.15) is 19.3 Å². The topological polar surface area (TPSA) is 66.8 Å². The molecule has 0 heterocycles. The van der Waals surface area contributed by atoms with Crippen molar-refractivity contribution in [2.75, 3.05) is 20.2 Å². The number of para-hydroxylation sites is 1. The molecule has 0 aliphatic heterocycles. The summed E-state index contributed by atoms with van der Waals surface area (Å²) in [5, 5.41) is 9.08. The minimum atomic E-state index is -0.910. The third kappa shape index (κ3) is 5.93. The average molecular weight is 300 g/mol. The highest BCUT2D eigenvalue weighted by Gasteiger charge is 2.10. The van der Waals surface area contributed by atoms with Crippen LogP contribution in [0.3, 0.4) is 0 Å².